The second-order valence-corrected chi connectivity index (χ2v) is 10.0. The minimum Gasteiger partial charge on any atom is -0.378 e. The number of hydroxylamine groups is 1. The highest BCUT2D eigenvalue weighted by atomic mass is 16.8. The summed E-state index contributed by atoms with van der Waals surface area (Å²) in [6.45, 7) is 4.21. The monoisotopic (exact) mass is 548 g/mol. The van der Waals surface area contributed by atoms with E-state index < -0.39 is 29.6 Å². The lowest BCUT2D eigenvalue weighted by Gasteiger charge is -2.36. The predicted molar refractivity (Wildman–Crippen MR) is 148 cm³/mol. The van der Waals surface area contributed by atoms with Crippen LogP contribution in [0.1, 0.15) is 53.2 Å². The third-order valence-corrected chi connectivity index (χ3v) is 7.18. The van der Waals surface area contributed by atoms with Gasteiger partial charge in [0.25, 0.3) is 17.7 Å². The molecule has 0 bridgehead atoms. The molecule has 10 heteroatoms. The smallest absolute Gasteiger partial charge is 0.279 e. The molecule has 2 aliphatic heterocycles. The van der Waals surface area contributed by atoms with E-state index in [9.17, 15) is 14.4 Å². The van der Waals surface area contributed by atoms with E-state index in [1.165, 1.54) is 26.6 Å². The molecular weight excluding hydrogens is 512 g/mol. The maximum atomic E-state index is 13.3. The fourth-order valence-corrected chi connectivity index (χ4v) is 4.23. The SMILES string of the molecule is CNC(=O)C(C)(C(=O)NOC1CCCCO1)N(C)C(=O)c1ccc(C#Cc2ccc(CNC3COC3)cc2)cc1. The van der Waals surface area contributed by atoms with Gasteiger partial charge in [0.15, 0.2) is 11.8 Å². The van der Waals surface area contributed by atoms with Crippen LogP contribution in [0, 0.1) is 11.8 Å². The van der Waals surface area contributed by atoms with Gasteiger partial charge in [-0.05, 0) is 61.7 Å². The van der Waals surface area contributed by atoms with Crippen LogP contribution in [0.15, 0.2) is 48.5 Å². The largest absolute Gasteiger partial charge is 0.378 e. The van der Waals surface area contributed by atoms with Gasteiger partial charge in [0.05, 0.1) is 19.3 Å². The van der Waals surface area contributed by atoms with Crippen molar-refractivity contribution in [2.75, 3.05) is 33.9 Å². The topological polar surface area (TPSA) is 118 Å². The van der Waals surface area contributed by atoms with Gasteiger partial charge in [0.2, 0.25) is 0 Å². The second-order valence-electron chi connectivity index (χ2n) is 10.0. The molecule has 2 aromatic carbocycles. The molecule has 3 N–H and O–H groups in total. The Bertz CT molecular complexity index is 1240. The molecule has 2 fully saturated rings. The molecule has 0 aromatic heterocycles. The third kappa shape index (κ3) is 7.06. The molecule has 212 valence electrons. The van der Waals surface area contributed by atoms with E-state index in [1.54, 1.807) is 24.3 Å². The van der Waals surface area contributed by atoms with Crippen LogP contribution in [0.3, 0.4) is 0 Å². The van der Waals surface area contributed by atoms with Crippen LogP contribution in [0.5, 0.6) is 0 Å². The first kappa shape index (κ1) is 29.2. The molecule has 40 heavy (non-hydrogen) atoms. The van der Waals surface area contributed by atoms with E-state index in [2.05, 4.69) is 28.0 Å². The van der Waals surface area contributed by atoms with E-state index in [0.717, 1.165) is 48.6 Å². The molecule has 2 heterocycles. The molecule has 0 spiro atoms. The Labute approximate surface area is 234 Å². The summed E-state index contributed by atoms with van der Waals surface area (Å²) in [4.78, 5) is 45.7. The van der Waals surface area contributed by atoms with Gasteiger partial charge in [-0.3, -0.25) is 14.4 Å². The summed E-state index contributed by atoms with van der Waals surface area (Å²) in [5.74, 6) is 4.29. The highest BCUT2D eigenvalue weighted by Gasteiger charge is 2.47. The van der Waals surface area contributed by atoms with Crippen molar-refractivity contribution >= 4 is 17.7 Å². The molecule has 4 rings (SSSR count). The minimum absolute atomic E-state index is 0.307. The first-order valence-electron chi connectivity index (χ1n) is 13.4. The number of rotatable bonds is 9. The Kier molecular flexibility index (Phi) is 9.90. The van der Waals surface area contributed by atoms with Crippen molar-refractivity contribution in [1.82, 2.24) is 21.0 Å². The molecule has 2 aromatic rings. The number of carbonyl (C=O) groups excluding carboxylic acids is 3. The number of amides is 3. The van der Waals surface area contributed by atoms with Crippen molar-refractivity contribution < 1.29 is 28.7 Å². The maximum absolute atomic E-state index is 13.3. The summed E-state index contributed by atoms with van der Waals surface area (Å²) < 4.78 is 10.6. The Morgan fingerprint density at radius 1 is 1.00 bits per heavy atom. The standard InChI is InChI=1S/C30H36N4O6/c1-30(28(36)31-2,29(37)33-40-26-6-4-5-17-39-26)34(3)27(35)24-15-13-22(14-16-24)8-7-21-9-11-23(12-10-21)18-32-25-19-38-20-25/h9-16,25-26,32H,4-6,17-20H2,1-3H3,(H,31,36)(H,33,37). The zero-order valence-electron chi connectivity index (χ0n) is 23.1. The van der Waals surface area contributed by atoms with Gasteiger partial charge >= 0.3 is 0 Å². The molecule has 0 radical (unpaired) electrons. The average molecular weight is 549 g/mol. The number of nitrogens with one attached hydrogen (secondary N) is 3. The molecule has 2 unspecified atom stereocenters. The van der Waals surface area contributed by atoms with Gasteiger partial charge < -0.3 is 25.0 Å². The zero-order chi connectivity index (χ0) is 28.5. The van der Waals surface area contributed by atoms with E-state index in [1.807, 2.05) is 24.3 Å². The Hall–Kier alpha value is -3.75. The van der Waals surface area contributed by atoms with Crippen molar-refractivity contribution in [2.45, 2.75) is 50.6 Å². The lowest BCUT2D eigenvalue weighted by molar-refractivity contribution is -0.204. The van der Waals surface area contributed by atoms with Crippen molar-refractivity contribution in [3.8, 4) is 11.8 Å². The number of benzene rings is 2. The number of hydrogen-bond acceptors (Lipinski definition) is 7. The summed E-state index contributed by atoms with van der Waals surface area (Å²) in [5.41, 5.74) is 3.53. The molecule has 2 saturated heterocycles. The van der Waals surface area contributed by atoms with Crippen molar-refractivity contribution in [3.63, 3.8) is 0 Å². The Morgan fingerprint density at radius 2 is 1.65 bits per heavy atom. The lowest BCUT2D eigenvalue weighted by atomic mass is 9.96. The van der Waals surface area contributed by atoms with Gasteiger partial charge in [-0.25, -0.2) is 10.3 Å². The predicted octanol–water partition coefficient (Wildman–Crippen LogP) is 1.73. The fourth-order valence-electron chi connectivity index (χ4n) is 4.23. The van der Waals surface area contributed by atoms with Crippen LogP contribution in [0.2, 0.25) is 0 Å². The molecule has 0 aliphatic carbocycles. The maximum Gasteiger partial charge on any atom is 0.279 e. The van der Waals surface area contributed by atoms with E-state index in [4.69, 9.17) is 14.3 Å². The number of nitrogens with zero attached hydrogens (tertiary/aromatic N) is 1. The summed E-state index contributed by atoms with van der Waals surface area (Å²) >= 11 is 0. The Balaban J connectivity index is 1.38. The summed E-state index contributed by atoms with van der Waals surface area (Å²) in [6.07, 6.45) is 1.87. The van der Waals surface area contributed by atoms with Gasteiger partial charge in [-0.15, -0.1) is 0 Å². The fraction of sp³-hybridized carbons (Fsp3) is 0.433. The molecule has 10 nitrogen and oxygen atoms in total. The molecule has 2 atom stereocenters. The highest BCUT2D eigenvalue weighted by Crippen LogP contribution is 2.20. The zero-order valence-corrected chi connectivity index (χ0v) is 23.1. The molecule has 3 amide bonds. The van der Waals surface area contributed by atoms with E-state index in [-0.39, 0.29) is 0 Å². The van der Waals surface area contributed by atoms with Crippen LogP contribution in [-0.2, 0) is 30.4 Å². The minimum atomic E-state index is -1.87. The van der Waals surface area contributed by atoms with Crippen LogP contribution in [-0.4, -0.2) is 74.4 Å². The van der Waals surface area contributed by atoms with Crippen molar-refractivity contribution in [1.29, 1.82) is 0 Å². The number of ether oxygens (including phenoxy) is 2. The van der Waals surface area contributed by atoms with Gasteiger partial charge in [-0.2, -0.15) is 0 Å². The summed E-state index contributed by atoms with van der Waals surface area (Å²) in [6, 6.07) is 15.2. The van der Waals surface area contributed by atoms with Gasteiger partial charge in [-0.1, -0.05) is 24.0 Å². The normalized spacial score (nSPS) is 18.3. The first-order valence-corrected chi connectivity index (χ1v) is 13.4. The molecular formula is C30H36N4O6. The van der Waals surface area contributed by atoms with Crippen LogP contribution in [0.25, 0.3) is 0 Å². The van der Waals surface area contributed by atoms with Gasteiger partial charge in [0.1, 0.15) is 0 Å². The summed E-state index contributed by atoms with van der Waals surface area (Å²) in [5, 5.41) is 5.90. The number of likely N-dealkylation sites (N-methyl/N-ethyl adjacent to an activating group) is 2. The lowest BCUT2D eigenvalue weighted by Crippen LogP contribution is -2.65. The average Bonchev–Trinajstić information content (AvgIpc) is 2.97. The second kappa shape index (κ2) is 13.5. The third-order valence-electron chi connectivity index (χ3n) is 7.18. The van der Waals surface area contributed by atoms with E-state index >= 15 is 0 Å². The first-order chi connectivity index (χ1) is 19.3. The molecule has 0 saturated carbocycles. The quantitative estimate of drug-likeness (QED) is 0.248. The van der Waals surface area contributed by atoms with Gasteiger partial charge in [0, 0.05) is 50.4 Å². The van der Waals surface area contributed by atoms with Crippen LogP contribution < -0.4 is 16.1 Å². The van der Waals surface area contributed by atoms with E-state index in [0.29, 0.717) is 24.6 Å². The number of hydrogen-bond donors (Lipinski definition) is 3. The highest BCUT2D eigenvalue weighted by molar-refractivity contribution is 6.12. The van der Waals surface area contributed by atoms with Crippen molar-refractivity contribution in [2.24, 2.45) is 0 Å². The van der Waals surface area contributed by atoms with Crippen molar-refractivity contribution in [3.05, 3.63) is 70.8 Å². The summed E-state index contributed by atoms with van der Waals surface area (Å²) in [7, 11) is 2.81. The Morgan fingerprint density at radius 3 is 2.20 bits per heavy atom. The van der Waals surface area contributed by atoms with Crippen LogP contribution in [0.4, 0.5) is 0 Å². The van der Waals surface area contributed by atoms with Crippen LogP contribution >= 0.6 is 0 Å². The number of carbonyl (C=O) groups is 3. The molecule has 2 aliphatic rings.